The molecule has 0 atom stereocenters. The van der Waals surface area contributed by atoms with Gasteiger partial charge in [-0.15, -0.1) is 11.3 Å². The van der Waals surface area contributed by atoms with E-state index in [1.54, 1.807) is 13.1 Å². The van der Waals surface area contributed by atoms with Gasteiger partial charge in [0.2, 0.25) is 11.8 Å². The van der Waals surface area contributed by atoms with Crippen molar-refractivity contribution < 1.29 is 9.13 Å². The van der Waals surface area contributed by atoms with Gasteiger partial charge in [-0.25, -0.2) is 9.37 Å². The Kier molecular flexibility index (Phi) is 3.54. The summed E-state index contributed by atoms with van der Waals surface area (Å²) in [6.07, 6.45) is 0. The van der Waals surface area contributed by atoms with E-state index in [-0.39, 0.29) is 5.82 Å². The zero-order valence-corrected chi connectivity index (χ0v) is 12.8. The molecule has 0 bridgehead atoms. The average molecular weight is 354 g/mol. The number of aromatic nitrogens is 2. The fourth-order valence-corrected chi connectivity index (χ4v) is 2.76. The lowest BCUT2D eigenvalue weighted by atomic mass is 10.3. The zero-order chi connectivity index (χ0) is 14.1. The molecule has 102 valence electrons. The Morgan fingerprint density at radius 1 is 1.30 bits per heavy atom. The van der Waals surface area contributed by atoms with Crippen molar-refractivity contribution in [1.29, 1.82) is 0 Å². The van der Waals surface area contributed by atoms with E-state index in [9.17, 15) is 4.39 Å². The molecule has 0 spiro atoms. The summed E-state index contributed by atoms with van der Waals surface area (Å²) < 4.78 is 19.7. The second-order valence-corrected chi connectivity index (χ2v) is 5.67. The summed E-state index contributed by atoms with van der Waals surface area (Å²) in [6.45, 7) is 0. The Hall–Kier alpha value is -1.73. The molecule has 0 amide bonds. The highest BCUT2D eigenvalue weighted by atomic mass is 79.9. The maximum atomic E-state index is 13.3. The molecule has 4 nitrogen and oxygen atoms in total. The highest BCUT2D eigenvalue weighted by Crippen LogP contribution is 2.34. The number of ether oxygens (including phenoxy) is 1. The Morgan fingerprint density at radius 2 is 2.15 bits per heavy atom. The van der Waals surface area contributed by atoms with Crippen LogP contribution in [0.25, 0.3) is 10.2 Å². The van der Waals surface area contributed by atoms with E-state index in [1.807, 2.05) is 11.4 Å². The van der Waals surface area contributed by atoms with Gasteiger partial charge in [0.25, 0.3) is 0 Å². The number of hydrogen-bond acceptors (Lipinski definition) is 5. The van der Waals surface area contributed by atoms with Crippen LogP contribution in [-0.2, 0) is 0 Å². The SMILES string of the molecule is CNc1nc(Oc2cc(F)ccc2Br)c2ccsc2n1. The molecule has 1 aromatic carbocycles. The first-order valence-corrected chi connectivity index (χ1v) is 7.40. The molecule has 3 rings (SSSR count). The van der Waals surface area contributed by atoms with Gasteiger partial charge in [0.15, 0.2) is 0 Å². The van der Waals surface area contributed by atoms with Gasteiger partial charge >= 0.3 is 0 Å². The summed E-state index contributed by atoms with van der Waals surface area (Å²) in [4.78, 5) is 9.42. The first-order valence-electron chi connectivity index (χ1n) is 5.73. The number of thiophene rings is 1. The third-order valence-corrected chi connectivity index (χ3v) is 4.08. The molecule has 20 heavy (non-hydrogen) atoms. The first-order chi connectivity index (χ1) is 9.67. The highest BCUT2D eigenvalue weighted by molar-refractivity contribution is 9.10. The lowest BCUT2D eigenvalue weighted by Gasteiger charge is -2.09. The molecule has 2 heterocycles. The maximum Gasteiger partial charge on any atom is 0.232 e. The molecule has 2 aromatic heterocycles. The van der Waals surface area contributed by atoms with Gasteiger partial charge in [0.1, 0.15) is 16.4 Å². The standard InChI is InChI=1S/C13H9BrFN3OS/c1-16-13-17-11(8-4-5-20-12(8)18-13)19-10-6-7(15)2-3-9(10)14/h2-6H,1H3,(H,16,17,18). The minimum absolute atomic E-state index is 0.368. The zero-order valence-electron chi connectivity index (χ0n) is 10.4. The second-order valence-electron chi connectivity index (χ2n) is 3.92. The molecule has 0 radical (unpaired) electrons. The van der Waals surface area contributed by atoms with Crippen molar-refractivity contribution in [1.82, 2.24) is 9.97 Å². The minimum atomic E-state index is -0.368. The molecule has 0 saturated heterocycles. The van der Waals surface area contributed by atoms with Crippen molar-refractivity contribution in [3.63, 3.8) is 0 Å². The average Bonchev–Trinajstić information content (AvgIpc) is 2.91. The molecule has 0 aliphatic heterocycles. The molecule has 7 heteroatoms. The van der Waals surface area contributed by atoms with Gasteiger partial charge < -0.3 is 10.1 Å². The van der Waals surface area contributed by atoms with Crippen LogP contribution in [0, 0.1) is 5.82 Å². The number of hydrogen-bond donors (Lipinski definition) is 1. The maximum absolute atomic E-state index is 13.3. The quantitative estimate of drug-likeness (QED) is 0.756. The van der Waals surface area contributed by atoms with Crippen molar-refractivity contribution in [2.24, 2.45) is 0 Å². The van der Waals surface area contributed by atoms with E-state index in [1.165, 1.54) is 23.5 Å². The smallest absolute Gasteiger partial charge is 0.232 e. The van der Waals surface area contributed by atoms with Crippen LogP contribution in [0.5, 0.6) is 11.6 Å². The van der Waals surface area contributed by atoms with Crippen molar-refractivity contribution >= 4 is 43.4 Å². The Morgan fingerprint density at radius 3 is 2.95 bits per heavy atom. The van der Waals surface area contributed by atoms with Gasteiger partial charge in [0, 0.05) is 13.1 Å². The molecule has 0 saturated carbocycles. The third kappa shape index (κ3) is 2.46. The van der Waals surface area contributed by atoms with Crippen LogP contribution >= 0.6 is 27.3 Å². The monoisotopic (exact) mass is 353 g/mol. The van der Waals surface area contributed by atoms with Crippen LogP contribution < -0.4 is 10.1 Å². The predicted molar refractivity (Wildman–Crippen MR) is 81.1 cm³/mol. The minimum Gasteiger partial charge on any atom is -0.437 e. The fraction of sp³-hybridized carbons (Fsp3) is 0.0769. The molecule has 0 unspecified atom stereocenters. The Bertz CT molecular complexity index is 777. The van der Waals surface area contributed by atoms with E-state index in [0.29, 0.717) is 22.1 Å². The number of nitrogens with zero attached hydrogens (tertiary/aromatic N) is 2. The summed E-state index contributed by atoms with van der Waals surface area (Å²) in [6, 6.07) is 6.14. The Balaban J connectivity index is 2.09. The highest BCUT2D eigenvalue weighted by Gasteiger charge is 2.12. The predicted octanol–water partition coefficient (Wildman–Crippen LogP) is 4.43. The lowest BCUT2D eigenvalue weighted by Crippen LogP contribution is -1.98. The van der Waals surface area contributed by atoms with Crippen LogP contribution in [0.2, 0.25) is 0 Å². The van der Waals surface area contributed by atoms with E-state index in [4.69, 9.17) is 4.74 Å². The van der Waals surface area contributed by atoms with Gasteiger partial charge in [-0.1, -0.05) is 0 Å². The normalized spacial score (nSPS) is 10.8. The molecular weight excluding hydrogens is 345 g/mol. The van der Waals surface area contributed by atoms with Crippen LogP contribution in [0.4, 0.5) is 10.3 Å². The number of fused-ring (bicyclic) bond motifs is 1. The topological polar surface area (TPSA) is 47.0 Å². The summed E-state index contributed by atoms with van der Waals surface area (Å²) in [5.41, 5.74) is 0. The van der Waals surface area contributed by atoms with Gasteiger partial charge in [-0.3, -0.25) is 0 Å². The molecule has 1 N–H and O–H groups in total. The van der Waals surface area contributed by atoms with E-state index in [2.05, 4.69) is 31.2 Å². The third-order valence-electron chi connectivity index (χ3n) is 2.61. The summed E-state index contributed by atoms with van der Waals surface area (Å²) in [5.74, 6) is 0.861. The molecule has 3 aromatic rings. The molecule has 0 aliphatic rings. The van der Waals surface area contributed by atoms with Crippen molar-refractivity contribution in [3.05, 3.63) is 39.9 Å². The van der Waals surface area contributed by atoms with Gasteiger partial charge in [0.05, 0.1) is 9.86 Å². The first kappa shape index (κ1) is 13.3. The molecular formula is C13H9BrFN3OS. The van der Waals surface area contributed by atoms with Crippen molar-refractivity contribution in [3.8, 4) is 11.6 Å². The number of benzene rings is 1. The van der Waals surface area contributed by atoms with Gasteiger partial charge in [-0.2, -0.15) is 4.98 Å². The van der Waals surface area contributed by atoms with Crippen LogP contribution in [0.1, 0.15) is 0 Å². The summed E-state index contributed by atoms with van der Waals surface area (Å²) in [7, 11) is 1.73. The van der Waals surface area contributed by atoms with Crippen molar-refractivity contribution in [2.75, 3.05) is 12.4 Å². The van der Waals surface area contributed by atoms with Gasteiger partial charge in [-0.05, 0) is 39.5 Å². The fourth-order valence-electron chi connectivity index (χ4n) is 1.68. The lowest BCUT2D eigenvalue weighted by molar-refractivity contribution is 0.461. The summed E-state index contributed by atoms with van der Waals surface area (Å²) >= 11 is 4.82. The van der Waals surface area contributed by atoms with Crippen molar-refractivity contribution in [2.45, 2.75) is 0 Å². The second kappa shape index (κ2) is 5.34. The van der Waals surface area contributed by atoms with E-state index in [0.717, 1.165) is 10.2 Å². The number of anilines is 1. The van der Waals surface area contributed by atoms with E-state index < -0.39 is 0 Å². The van der Waals surface area contributed by atoms with E-state index >= 15 is 0 Å². The Labute approximate surface area is 126 Å². The number of nitrogens with one attached hydrogen (secondary N) is 1. The number of halogens is 2. The van der Waals surface area contributed by atoms with Crippen LogP contribution in [-0.4, -0.2) is 17.0 Å². The summed E-state index contributed by atoms with van der Waals surface area (Å²) in [5, 5.41) is 5.59. The van der Waals surface area contributed by atoms with Crippen LogP contribution in [0.15, 0.2) is 34.1 Å². The molecule has 0 fully saturated rings. The van der Waals surface area contributed by atoms with Crippen LogP contribution in [0.3, 0.4) is 0 Å². The largest absolute Gasteiger partial charge is 0.437 e. The number of rotatable bonds is 3. The molecule has 0 aliphatic carbocycles.